The highest BCUT2D eigenvalue weighted by atomic mass is 79.9. The molecule has 1 aromatic carbocycles. The first-order chi connectivity index (χ1) is 13.1. The van der Waals surface area contributed by atoms with Gasteiger partial charge in [-0.2, -0.15) is 0 Å². The molecule has 0 bridgehead atoms. The van der Waals surface area contributed by atoms with Gasteiger partial charge in [-0.25, -0.2) is 9.13 Å². The lowest BCUT2D eigenvalue weighted by Crippen LogP contribution is -3.00. The summed E-state index contributed by atoms with van der Waals surface area (Å²) >= 11 is 0. The predicted molar refractivity (Wildman–Crippen MR) is 115 cm³/mol. The van der Waals surface area contributed by atoms with Crippen molar-refractivity contribution in [1.29, 1.82) is 0 Å². The van der Waals surface area contributed by atoms with Crippen molar-refractivity contribution >= 4 is 0 Å². The summed E-state index contributed by atoms with van der Waals surface area (Å²) in [5, 5.41) is 0. The quantitative estimate of drug-likeness (QED) is 0.379. The molecule has 3 aromatic rings. The summed E-state index contributed by atoms with van der Waals surface area (Å²) in [5.41, 5.74) is 5.84. The number of hydrogen-bond donors (Lipinski definition) is 0. The fourth-order valence-electron chi connectivity index (χ4n) is 3.38. The van der Waals surface area contributed by atoms with Gasteiger partial charge in [0.25, 0.3) is 0 Å². The minimum atomic E-state index is 0. The third-order valence-corrected chi connectivity index (χ3v) is 5.34. The average Bonchev–Trinajstić information content (AvgIpc) is 2.63. The van der Waals surface area contributed by atoms with Gasteiger partial charge in [-0.3, -0.25) is 0 Å². The van der Waals surface area contributed by atoms with E-state index in [9.17, 15) is 0 Å². The minimum Gasteiger partial charge on any atom is -1.00 e. The maximum atomic E-state index is 2.27. The van der Waals surface area contributed by atoms with E-state index in [-0.39, 0.29) is 44.8 Å². The van der Waals surface area contributed by atoms with Crippen molar-refractivity contribution in [3.8, 4) is 0 Å². The fraction of sp³-hybridized carbons (Fsp3) is 0.385. The molecular weight excluding hydrogens is 500 g/mol. The number of hydrogen-bond acceptors (Lipinski definition) is 0. The molecule has 30 heavy (non-hydrogen) atoms. The summed E-state index contributed by atoms with van der Waals surface area (Å²) in [6.07, 6.45) is 8.79. The predicted octanol–water partition coefficient (Wildman–Crippen LogP) is -1.04. The SMILES string of the molecule is CC(C)(C)c1cc[n+](Cc2ccccc2C[n+]2ccc(C(C)(C)C)cc2)cc1.[Br-].[Br-]. The summed E-state index contributed by atoms with van der Waals surface area (Å²) in [7, 11) is 0. The Hall–Kier alpha value is -1.52. The van der Waals surface area contributed by atoms with Crippen molar-refractivity contribution in [3.63, 3.8) is 0 Å². The molecule has 2 aromatic heterocycles. The highest BCUT2D eigenvalue weighted by molar-refractivity contribution is 5.26. The number of nitrogens with zero attached hydrogens (tertiary/aromatic N) is 2. The van der Waals surface area contributed by atoms with E-state index in [1.54, 1.807) is 0 Å². The zero-order valence-electron chi connectivity index (χ0n) is 19.0. The zero-order chi connectivity index (χ0) is 20.4. The molecule has 3 rings (SSSR count). The lowest BCUT2D eigenvalue weighted by atomic mass is 9.88. The van der Waals surface area contributed by atoms with Crippen molar-refractivity contribution < 1.29 is 43.1 Å². The minimum absolute atomic E-state index is 0. The van der Waals surface area contributed by atoms with Gasteiger partial charge in [-0.1, -0.05) is 65.8 Å². The van der Waals surface area contributed by atoms with Crippen molar-refractivity contribution in [2.45, 2.75) is 65.5 Å². The molecule has 0 saturated carbocycles. The molecule has 0 unspecified atom stereocenters. The summed E-state index contributed by atoms with van der Waals surface area (Å²) in [4.78, 5) is 0. The van der Waals surface area contributed by atoms with Crippen LogP contribution in [0.15, 0.2) is 73.3 Å². The summed E-state index contributed by atoms with van der Waals surface area (Å²) < 4.78 is 4.53. The van der Waals surface area contributed by atoms with E-state index >= 15 is 0 Å². The molecule has 0 aliphatic heterocycles. The molecule has 0 aliphatic rings. The monoisotopic (exact) mass is 532 g/mol. The van der Waals surface area contributed by atoms with E-state index < -0.39 is 0 Å². The van der Waals surface area contributed by atoms with Gasteiger partial charge in [0, 0.05) is 35.4 Å². The highest BCUT2D eigenvalue weighted by Gasteiger charge is 2.17. The molecule has 0 fully saturated rings. The van der Waals surface area contributed by atoms with Gasteiger partial charge >= 0.3 is 0 Å². The number of halogens is 2. The Kier molecular flexibility index (Phi) is 9.44. The van der Waals surface area contributed by atoms with Crippen LogP contribution in [0.1, 0.15) is 63.8 Å². The topological polar surface area (TPSA) is 7.76 Å². The Morgan fingerprint density at radius 3 is 1.10 bits per heavy atom. The molecule has 0 radical (unpaired) electrons. The first kappa shape index (κ1) is 26.5. The van der Waals surface area contributed by atoms with E-state index in [0.29, 0.717) is 0 Å². The van der Waals surface area contributed by atoms with Crippen LogP contribution in [0.4, 0.5) is 0 Å². The Labute approximate surface area is 203 Å². The van der Waals surface area contributed by atoms with E-state index in [0.717, 1.165) is 13.1 Å². The Balaban J connectivity index is 0.00000225. The molecule has 0 spiro atoms. The van der Waals surface area contributed by atoms with Crippen LogP contribution < -0.4 is 43.1 Å². The highest BCUT2D eigenvalue weighted by Crippen LogP contribution is 2.21. The molecule has 2 heterocycles. The van der Waals surface area contributed by atoms with Crippen molar-refractivity contribution in [2.24, 2.45) is 0 Å². The van der Waals surface area contributed by atoms with Crippen molar-refractivity contribution in [2.75, 3.05) is 0 Å². The maximum Gasteiger partial charge on any atom is 0.174 e. The molecule has 0 atom stereocenters. The molecule has 0 saturated heterocycles. The van der Waals surface area contributed by atoms with Gasteiger partial charge in [-0.05, 0) is 22.0 Å². The normalized spacial score (nSPS) is 11.4. The molecular formula is C26H34Br2N2. The number of rotatable bonds is 4. The van der Waals surface area contributed by atoms with E-state index in [1.165, 1.54) is 22.3 Å². The zero-order valence-corrected chi connectivity index (χ0v) is 22.2. The second-order valence-corrected chi connectivity index (χ2v) is 9.79. The van der Waals surface area contributed by atoms with E-state index in [1.807, 2.05) is 0 Å². The lowest BCUT2D eigenvalue weighted by molar-refractivity contribution is -0.693. The van der Waals surface area contributed by atoms with Crippen molar-refractivity contribution in [1.82, 2.24) is 0 Å². The lowest BCUT2D eigenvalue weighted by Gasteiger charge is -2.17. The summed E-state index contributed by atoms with van der Waals surface area (Å²) in [6, 6.07) is 17.7. The molecule has 4 heteroatoms. The smallest absolute Gasteiger partial charge is 0.174 e. The van der Waals surface area contributed by atoms with Gasteiger partial charge in [0.15, 0.2) is 37.9 Å². The third kappa shape index (κ3) is 7.02. The standard InChI is InChI=1S/C26H34N2.2BrH/c1-25(2,3)23-11-15-27(16-12-23)19-21-9-7-8-10-22(21)20-28-17-13-24(14-18-28)26(4,5)6;;/h7-18H,19-20H2,1-6H3;2*1H/q+2;;/p-2. The molecule has 0 aliphatic carbocycles. The van der Waals surface area contributed by atoms with Gasteiger partial charge in [0.05, 0.1) is 0 Å². The largest absolute Gasteiger partial charge is 1.00 e. The van der Waals surface area contributed by atoms with Gasteiger partial charge in [0.1, 0.15) is 0 Å². The van der Waals surface area contributed by atoms with Crippen LogP contribution in [0.25, 0.3) is 0 Å². The third-order valence-electron chi connectivity index (χ3n) is 5.34. The van der Waals surface area contributed by atoms with Crippen LogP contribution in [0.3, 0.4) is 0 Å². The van der Waals surface area contributed by atoms with Crippen LogP contribution in [0.5, 0.6) is 0 Å². The van der Waals surface area contributed by atoms with Gasteiger partial charge < -0.3 is 34.0 Å². The first-order valence-electron chi connectivity index (χ1n) is 10.2. The van der Waals surface area contributed by atoms with Crippen LogP contribution in [-0.2, 0) is 23.9 Å². The fourth-order valence-corrected chi connectivity index (χ4v) is 3.38. The Morgan fingerprint density at radius 1 is 0.533 bits per heavy atom. The molecule has 162 valence electrons. The first-order valence-corrected chi connectivity index (χ1v) is 10.2. The van der Waals surface area contributed by atoms with Crippen LogP contribution in [0, 0.1) is 0 Å². The van der Waals surface area contributed by atoms with Gasteiger partial charge in [0.2, 0.25) is 0 Å². The maximum absolute atomic E-state index is 2.27. The van der Waals surface area contributed by atoms with Crippen LogP contribution in [0.2, 0.25) is 0 Å². The van der Waals surface area contributed by atoms with Crippen LogP contribution in [-0.4, -0.2) is 0 Å². The molecule has 0 N–H and O–H groups in total. The van der Waals surface area contributed by atoms with Gasteiger partial charge in [-0.15, -0.1) is 0 Å². The molecule has 2 nitrogen and oxygen atoms in total. The number of pyridine rings is 2. The Bertz CT molecular complexity index is 840. The molecule has 0 amide bonds. The number of aromatic nitrogens is 2. The number of benzene rings is 1. The Morgan fingerprint density at radius 2 is 0.833 bits per heavy atom. The summed E-state index contributed by atoms with van der Waals surface area (Å²) in [6.45, 7) is 15.3. The summed E-state index contributed by atoms with van der Waals surface area (Å²) in [5.74, 6) is 0. The van der Waals surface area contributed by atoms with E-state index in [2.05, 4.69) is 124 Å². The second-order valence-electron chi connectivity index (χ2n) is 9.79. The van der Waals surface area contributed by atoms with Crippen LogP contribution >= 0.6 is 0 Å². The van der Waals surface area contributed by atoms with E-state index in [4.69, 9.17) is 0 Å². The second kappa shape index (κ2) is 10.7. The van der Waals surface area contributed by atoms with Crippen molar-refractivity contribution in [3.05, 3.63) is 95.6 Å². The average molecular weight is 534 g/mol.